The van der Waals surface area contributed by atoms with Gasteiger partial charge in [0.25, 0.3) is 0 Å². The lowest BCUT2D eigenvalue weighted by Gasteiger charge is -2.20. The predicted molar refractivity (Wildman–Crippen MR) is 223 cm³/mol. The molecule has 0 aromatic carbocycles. The third-order valence-electron chi connectivity index (χ3n) is 10.1. The first-order valence-corrected chi connectivity index (χ1v) is 24.7. The fourth-order valence-electron chi connectivity index (χ4n) is 6.74. The highest BCUT2D eigenvalue weighted by molar-refractivity contribution is 7.47. The maximum absolute atomic E-state index is 12.7. The van der Waals surface area contributed by atoms with Gasteiger partial charge in [-0.25, -0.2) is 9.13 Å². The molecule has 0 aromatic rings. The van der Waals surface area contributed by atoms with Crippen molar-refractivity contribution < 1.29 is 76.9 Å². The molecule has 0 aromatic heterocycles. The summed E-state index contributed by atoms with van der Waals surface area (Å²) in [5.74, 6) is -1.26. The van der Waals surface area contributed by atoms with Crippen LogP contribution < -0.4 is 0 Å². The van der Waals surface area contributed by atoms with Crippen LogP contribution in [0.2, 0.25) is 0 Å². The van der Waals surface area contributed by atoms with E-state index in [-0.39, 0.29) is 31.1 Å². The van der Waals surface area contributed by atoms with E-state index in [9.17, 15) is 44.0 Å². The Kier molecular flexibility index (Phi) is 30.3. The summed E-state index contributed by atoms with van der Waals surface area (Å²) in [5, 5.41) is 41.1. The van der Waals surface area contributed by atoms with Crippen molar-refractivity contribution in [3.05, 3.63) is 24.3 Å². The van der Waals surface area contributed by atoms with Gasteiger partial charge in [0.1, 0.15) is 12.7 Å². The molecular formula is C41H76O16P2. The zero-order valence-corrected chi connectivity index (χ0v) is 37.4. The lowest BCUT2D eigenvalue weighted by molar-refractivity contribution is -0.160. The minimum absolute atomic E-state index is 0.0678. The minimum atomic E-state index is -4.90. The first-order chi connectivity index (χ1) is 27.9. The number of phosphoric acid groups is 2. The Hall–Kier alpha value is -1.52. The van der Waals surface area contributed by atoms with E-state index in [0.29, 0.717) is 19.3 Å². The first-order valence-electron chi connectivity index (χ1n) is 21.6. The van der Waals surface area contributed by atoms with Crippen LogP contribution in [0.4, 0.5) is 0 Å². The molecule has 1 fully saturated rings. The molecule has 8 atom stereocenters. The van der Waals surface area contributed by atoms with Crippen molar-refractivity contribution in [2.75, 3.05) is 26.4 Å². The van der Waals surface area contributed by atoms with E-state index in [1.54, 1.807) is 24.3 Å². The molecule has 0 saturated heterocycles. The van der Waals surface area contributed by atoms with Crippen molar-refractivity contribution in [2.24, 2.45) is 17.8 Å². The lowest BCUT2D eigenvalue weighted by atomic mass is 9.89. The van der Waals surface area contributed by atoms with Gasteiger partial charge >= 0.3 is 27.6 Å². The molecule has 1 saturated carbocycles. The van der Waals surface area contributed by atoms with Crippen molar-refractivity contribution in [1.29, 1.82) is 0 Å². The summed E-state index contributed by atoms with van der Waals surface area (Å²) in [6.07, 6.45) is 18.9. The van der Waals surface area contributed by atoms with Gasteiger partial charge in [0.15, 0.2) is 6.10 Å². The average molecular weight is 887 g/mol. The molecule has 346 valence electrons. The molecule has 0 radical (unpaired) electrons. The van der Waals surface area contributed by atoms with Crippen LogP contribution in [0.15, 0.2) is 24.3 Å². The molecule has 1 aliphatic rings. The second-order valence-electron chi connectivity index (χ2n) is 16.1. The second-order valence-corrected chi connectivity index (χ2v) is 18.8. The molecular weight excluding hydrogens is 810 g/mol. The number of aliphatic hydroxyl groups is 4. The third-order valence-corrected chi connectivity index (χ3v) is 11.5. The van der Waals surface area contributed by atoms with E-state index in [4.69, 9.17) is 23.8 Å². The second kappa shape index (κ2) is 32.2. The van der Waals surface area contributed by atoms with Crippen molar-refractivity contribution in [2.45, 2.75) is 180 Å². The summed E-state index contributed by atoms with van der Waals surface area (Å²) in [4.78, 5) is 52.9. The Balaban J connectivity index is 2.63. The molecule has 1 rings (SSSR count). The number of ether oxygens (including phenoxy) is 2. The summed E-state index contributed by atoms with van der Waals surface area (Å²) >= 11 is 0. The Morgan fingerprint density at radius 1 is 0.712 bits per heavy atom. The van der Waals surface area contributed by atoms with Gasteiger partial charge in [-0.1, -0.05) is 135 Å². The zero-order chi connectivity index (χ0) is 44.1. The topological polar surface area (TPSA) is 256 Å². The number of unbranched alkanes of at least 4 members (excludes halogenated alkanes) is 12. The van der Waals surface area contributed by atoms with Gasteiger partial charge in [-0.15, -0.1) is 0 Å². The number of rotatable bonds is 36. The standard InChI is InChI=1S/C41H76O16P2/c1-4-5-15-21-33(42)25-26-37-36(38(44)27-39(37)45)22-18-19-23-40(46)53-30-35(31-56-59(51,52)55-29-34(43)28-54-58(48,49)50)57-41(47)24-17-14-12-10-8-6-7-9-11-13-16-20-32(2)3/h18-19,25-26,32-39,42-45H,4-17,20-24,27-31H2,1-3H3,(H,51,52)(H2,48,49,50)/b19-18-,26-25+/t33-,34+,35-,36+,37-,38+,39-/m1/s1. The number of carbonyl (C=O) groups excluding carboxylic acids is 2. The van der Waals surface area contributed by atoms with Crippen LogP contribution in [0, 0.1) is 17.8 Å². The van der Waals surface area contributed by atoms with Crippen molar-refractivity contribution in [1.82, 2.24) is 0 Å². The fraction of sp³-hybridized carbons (Fsp3) is 0.854. The van der Waals surface area contributed by atoms with Crippen LogP contribution >= 0.6 is 15.6 Å². The molecule has 0 bridgehead atoms. The number of esters is 2. The zero-order valence-electron chi connectivity index (χ0n) is 35.6. The quantitative estimate of drug-likeness (QED) is 0.0145. The van der Waals surface area contributed by atoms with Crippen LogP contribution in [0.1, 0.15) is 149 Å². The Morgan fingerprint density at radius 3 is 1.90 bits per heavy atom. The average Bonchev–Trinajstić information content (AvgIpc) is 3.43. The first kappa shape index (κ1) is 55.5. The normalized spacial score (nSPS) is 21.3. The minimum Gasteiger partial charge on any atom is -0.461 e. The molecule has 18 heteroatoms. The third kappa shape index (κ3) is 30.2. The molecule has 0 spiro atoms. The molecule has 1 unspecified atom stereocenters. The summed E-state index contributed by atoms with van der Waals surface area (Å²) < 4.78 is 47.7. The van der Waals surface area contributed by atoms with Crippen LogP contribution in [-0.2, 0) is 41.8 Å². The molecule has 59 heavy (non-hydrogen) atoms. The number of phosphoric ester groups is 2. The molecule has 7 N–H and O–H groups in total. The number of allylic oxidation sites excluding steroid dienone is 1. The van der Waals surface area contributed by atoms with Crippen LogP contribution in [0.3, 0.4) is 0 Å². The van der Waals surface area contributed by atoms with Gasteiger partial charge in [-0.2, -0.15) is 0 Å². The van der Waals surface area contributed by atoms with E-state index >= 15 is 0 Å². The maximum atomic E-state index is 12.7. The Morgan fingerprint density at radius 2 is 1.29 bits per heavy atom. The van der Waals surface area contributed by atoms with E-state index in [1.807, 2.05) is 0 Å². The summed E-state index contributed by atoms with van der Waals surface area (Å²) in [5.41, 5.74) is 0. The maximum Gasteiger partial charge on any atom is 0.472 e. The molecule has 0 aliphatic heterocycles. The fourth-order valence-corrected chi connectivity index (χ4v) is 7.90. The largest absolute Gasteiger partial charge is 0.472 e. The highest BCUT2D eigenvalue weighted by atomic mass is 31.2. The van der Waals surface area contributed by atoms with Gasteiger partial charge in [0, 0.05) is 18.8 Å². The predicted octanol–water partition coefficient (Wildman–Crippen LogP) is 6.96. The van der Waals surface area contributed by atoms with Gasteiger partial charge in [0.2, 0.25) is 0 Å². The summed E-state index contributed by atoms with van der Waals surface area (Å²) in [6.45, 7) is 3.57. The molecule has 0 amide bonds. The van der Waals surface area contributed by atoms with Gasteiger partial charge in [-0.3, -0.25) is 23.2 Å². The van der Waals surface area contributed by atoms with Crippen LogP contribution in [0.25, 0.3) is 0 Å². The lowest BCUT2D eigenvalue weighted by Crippen LogP contribution is -2.29. The highest BCUT2D eigenvalue weighted by Crippen LogP contribution is 2.44. The van der Waals surface area contributed by atoms with Crippen molar-refractivity contribution in [3.8, 4) is 0 Å². The number of hydrogen-bond donors (Lipinski definition) is 7. The van der Waals surface area contributed by atoms with Crippen LogP contribution in [-0.4, -0.2) is 104 Å². The number of carbonyl (C=O) groups is 2. The molecule has 16 nitrogen and oxygen atoms in total. The summed E-state index contributed by atoms with van der Waals surface area (Å²) in [6, 6.07) is 0. The van der Waals surface area contributed by atoms with Gasteiger partial charge in [0.05, 0.1) is 44.6 Å². The van der Waals surface area contributed by atoms with Crippen molar-refractivity contribution >= 4 is 27.6 Å². The Bertz CT molecular complexity index is 1270. The van der Waals surface area contributed by atoms with Gasteiger partial charge < -0.3 is 44.6 Å². The molecule has 0 heterocycles. The van der Waals surface area contributed by atoms with Crippen molar-refractivity contribution in [3.63, 3.8) is 0 Å². The number of hydrogen-bond acceptors (Lipinski definition) is 13. The summed E-state index contributed by atoms with van der Waals surface area (Å²) in [7, 11) is -9.78. The van der Waals surface area contributed by atoms with Gasteiger partial charge in [-0.05, 0) is 31.1 Å². The number of aliphatic hydroxyl groups excluding tert-OH is 4. The molecule has 1 aliphatic carbocycles. The smallest absolute Gasteiger partial charge is 0.461 e. The van der Waals surface area contributed by atoms with Crippen LogP contribution in [0.5, 0.6) is 0 Å². The van der Waals surface area contributed by atoms with E-state index in [2.05, 4.69) is 29.8 Å². The van der Waals surface area contributed by atoms with E-state index in [0.717, 1.165) is 50.9 Å². The highest BCUT2D eigenvalue weighted by Gasteiger charge is 2.39. The SMILES string of the molecule is CCCCC[C@@H](O)/C=C/[C@@H]1[C@H](C/C=C\CC(=O)OC[C@H](COP(=O)(O)OC[C@@H](O)COP(=O)(O)O)OC(=O)CCCCCCCCCCCCCC(C)C)[C@@H](O)C[C@H]1O. The Labute approximate surface area is 352 Å². The van der Waals surface area contributed by atoms with E-state index < -0.39 is 84.5 Å². The monoisotopic (exact) mass is 886 g/mol. The van der Waals surface area contributed by atoms with E-state index in [1.165, 1.54) is 44.9 Å².